The first kappa shape index (κ1) is 16.9. The fraction of sp³-hybridized carbons (Fsp3) is 0.333. The van der Waals surface area contributed by atoms with Crippen molar-refractivity contribution < 1.29 is 9.59 Å². The van der Waals surface area contributed by atoms with Gasteiger partial charge in [0, 0.05) is 32.2 Å². The minimum atomic E-state index is -0.344. The van der Waals surface area contributed by atoms with Crippen LogP contribution in [0, 0.1) is 6.92 Å². The number of nitrogens with zero attached hydrogens (tertiary/aromatic N) is 3. The van der Waals surface area contributed by atoms with Crippen LogP contribution in [-0.4, -0.2) is 58.0 Å². The number of H-pyrrole nitrogens is 1. The summed E-state index contributed by atoms with van der Waals surface area (Å²) in [5.41, 5.74) is 2.00. The molecular weight excluding hydrogens is 320 g/mol. The molecule has 0 aliphatic carbocycles. The van der Waals surface area contributed by atoms with Gasteiger partial charge in [-0.1, -0.05) is 24.3 Å². The second-order valence-electron chi connectivity index (χ2n) is 6.08. The molecule has 3 rings (SSSR count). The van der Waals surface area contributed by atoms with Crippen molar-refractivity contribution in [1.82, 2.24) is 20.0 Å². The maximum atomic E-state index is 12.5. The minimum absolute atomic E-state index is 0.0727. The largest absolute Gasteiger partial charge is 0.339 e. The maximum absolute atomic E-state index is 12.5. The van der Waals surface area contributed by atoms with Gasteiger partial charge in [0.15, 0.2) is 0 Å². The third kappa shape index (κ3) is 3.93. The number of aryl methyl sites for hydroxylation is 1. The summed E-state index contributed by atoms with van der Waals surface area (Å²) < 4.78 is 0. The molecule has 7 heteroatoms. The zero-order valence-electron chi connectivity index (χ0n) is 14.1. The van der Waals surface area contributed by atoms with Gasteiger partial charge >= 0.3 is 0 Å². The molecule has 2 aromatic rings. The highest BCUT2D eigenvalue weighted by atomic mass is 16.2. The van der Waals surface area contributed by atoms with Crippen molar-refractivity contribution in [3.8, 4) is 0 Å². The molecule has 1 aromatic heterocycles. The molecule has 0 saturated carbocycles. The van der Waals surface area contributed by atoms with Gasteiger partial charge in [0.05, 0.1) is 6.42 Å². The molecule has 7 nitrogen and oxygen atoms in total. The van der Waals surface area contributed by atoms with E-state index in [1.165, 1.54) is 12.1 Å². The number of amides is 2. The quantitative estimate of drug-likeness (QED) is 0.887. The number of carbonyl (C=O) groups is 2. The monoisotopic (exact) mass is 340 g/mol. The highest BCUT2D eigenvalue weighted by molar-refractivity contribution is 5.92. The molecule has 0 unspecified atom stereocenters. The molecule has 1 N–H and O–H groups in total. The number of piperazine rings is 1. The molecule has 1 fully saturated rings. The number of hydrogen-bond donors (Lipinski definition) is 1. The Kier molecular flexibility index (Phi) is 4.92. The number of hydrogen-bond acceptors (Lipinski definition) is 4. The predicted octanol–water partition coefficient (Wildman–Crippen LogP) is 0.605. The fourth-order valence-electron chi connectivity index (χ4n) is 2.87. The fourth-order valence-corrected chi connectivity index (χ4v) is 2.87. The molecular formula is C18H20N4O3. The van der Waals surface area contributed by atoms with Crippen molar-refractivity contribution in [2.45, 2.75) is 13.3 Å². The van der Waals surface area contributed by atoms with E-state index in [1.807, 2.05) is 31.2 Å². The van der Waals surface area contributed by atoms with Crippen LogP contribution < -0.4 is 5.56 Å². The Balaban J connectivity index is 1.57. The summed E-state index contributed by atoms with van der Waals surface area (Å²) in [4.78, 5) is 39.3. The summed E-state index contributed by atoms with van der Waals surface area (Å²) in [7, 11) is 0. The molecule has 0 atom stereocenters. The molecule has 25 heavy (non-hydrogen) atoms. The van der Waals surface area contributed by atoms with Crippen molar-refractivity contribution in [3.63, 3.8) is 0 Å². The summed E-state index contributed by atoms with van der Waals surface area (Å²) in [5, 5.41) is 6.03. The van der Waals surface area contributed by atoms with Gasteiger partial charge in [-0.15, -0.1) is 0 Å². The van der Waals surface area contributed by atoms with Gasteiger partial charge in [-0.3, -0.25) is 14.4 Å². The number of carbonyl (C=O) groups excluding carboxylic acids is 2. The van der Waals surface area contributed by atoms with Gasteiger partial charge in [-0.05, 0) is 24.1 Å². The Morgan fingerprint density at radius 3 is 2.36 bits per heavy atom. The predicted molar refractivity (Wildman–Crippen MR) is 92.2 cm³/mol. The van der Waals surface area contributed by atoms with Gasteiger partial charge in [-0.25, -0.2) is 5.10 Å². The van der Waals surface area contributed by atoms with E-state index in [0.29, 0.717) is 32.6 Å². The number of aromatic amines is 1. The van der Waals surface area contributed by atoms with E-state index in [9.17, 15) is 14.4 Å². The van der Waals surface area contributed by atoms with Gasteiger partial charge in [0.1, 0.15) is 5.69 Å². The molecule has 0 spiro atoms. The smallest absolute Gasteiger partial charge is 0.274 e. The summed E-state index contributed by atoms with van der Waals surface area (Å²) in [6.45, 7) is 3.91. The highest BCUT2D eigenvalue weighted by Gasteiger charge is 2.25. The van der Waals surface area contributed by atoms with Crippen LogP contribution in [0.15, 0.2) is 41.2 Å². The summed E-state index contributed by atoms with van der Waals surface area (Å²) in [6, 6.07) is 10.5. The van der Waals surface area contributed by atoms with Crippen LogP contribution in [0.4, 0.5) is 0 Å². The highest BCUT2D eigenvalue weighted by Crippen LogP contribution is 2.12. The lowest BCUT2D eigenvalue weighted by atomic mass is 10.1. The van der Waals surface area contributed by atoms with E-state index < -0.39 is 0 Å². The van der Waals surface area contributed by atoms with Crippen LogP contribution in [0.25, 0.3) is 0 Å². The zero-order valence-corrected chi connectivity index (χ0v) is 14.1. The van der Waals surface area contributed by atoms with Crippen LogP contribution in [0.5, 0.6) is 0 Å². The van der Waals surface area contributed by atoms with Gasteiger partial charge in [0.2, 0.25) is 5.91 Å². The minimum Gasteiger partial charge on any atom is -0.339 e. The Bertz CT molecular complexity index is 818. The van der Waals surface area contributed by atoms with Crippen LogP contribution >= 0.6 is 0 Å². The second kappa shape index (κ2) is 7.29. The third-order valence-electron chi connectivity index (χ3n) is 4.42. The molecule has 1 saturated heterocycles. The first-order valence-electron chi connectivity index (χ1n) is 8.22. The van der Waals surface area contributed by atoms with Crippen molar-refractivity contribution >= 4 is 11.8 Å². The molecule has 130 valence electrons. The standard InChI is InChI=1S/C18H20N4O3/c1-13-4-2-3-5-14(13)12-17(24)21-8-10-22(11-9-21)18(25)15-6-7-16(23)20-19-15/h2-7H,8-12H2,1H3,(H,20,23). The second-order valence-corrected chi connectivity index (χ2v) is 6.08. The van der Waals surface area contributed by atoms with E-state index in [1.54, 1.807) is 9.80 Å². The lowest BCUT2D eigenvalue weighted by Crippen LogP contribution is -2.51. The van der Waals surface area contributed by atoms with E-state index in [0.717, 1.165) is 11.1 Å². The van der Waals surface area contributed by atoms with Crippen molar-refractivity contribution in [2.75, 3.05) is 26.2 Å². The SMILES string of the molecule is Cc1ccccc1CC(=O)N1CCN(C(=O)c2ccc(=O)[nH]n2)CC1. The Morgan fingerprint density at radius 1 is 1.04 bits per heavy atom. The third-order valence-corrected chi connectivity index (χ3v) is 4.42. The number of nitrogens with one attached hydrogen (secondary N) is 1. The van der Waals surface area contributed by atoms with Crippen LogP contribution in [-0.2, 0) is 11.2 Å². The molecule has 2 heterocycles. The first-order chi connectivity index (χ1) is 12.0. The Hall–Kier alpha value is -2.96. The molecule has 1 aliphatic heterocycles. The van der Waals surface area contributed by atoms with Crippen molar-refractivity contribution in [2.24, 2.45) is 0 Å². The maximum Gasteiger partial charge on any atom is 0.274 e. The van der Waals surface area contributed by atoms with Crippen LogP contribution in [0.1, 0.15) is 21.6 Å². The summed E-state index contributed by atoms with van der Waals surface area (Å²) in [6.07, 6.45) is 0.377. The van der Waals surface area contributed by atoms with E-state index in [4.69, 9.17) is 0 Å². The van der Waals surface area contributed by atoms with Gasteiger partial charge in [-0.2, -0.15) is 5.10 Å². The van der Waals surface area contributed by atoms with Crippen molar-refractivity contribution in [3.05, 3.63) is 63.6 Å². The molecule has 1 aromatic carbocycles. The Labute approximate surface area is 145 Å². The first-order valence-corrected chi connectivity index (χ1v) is 8.22. The van der Waals surface area contributed by atoms with Crippen LogP contribution in [0.2, 0.25) is 0 Å². The molecule has 0 bridgehead atoms. The molecule has 2 amide bonds. The van der Waals surface area contributed by atoms with Crippen molar-refractivity contribution in [1.29, 1.82) is 0 Å². The van der Waals surface area contributed by atoms with Gasteiger partial charge in [0.25, 0.3) is 11.5 Å². The Morgan fingerprint density at radius 2 is 1.72 bits per heavy atom. The van der Waals surface area contributed by atoms with Gasteiger partial charge < -0.3 is 9.80 Å². The number of rotatable bonds is 3. The lowest BCUT2D eigenvalue weighted by Gasteiger charge is -2.34. The number of aromatic nitrogens is 2. The van der Waals surface area contributed by atoms with E-state index >= 15 is 0 Å². The van der Waals surface area contributed by atoms with E-state index in [2.05, 4.69) is 10.2 Å². The number of benzene rings is 1. The topological polar surface area (TPSA) is 86.4 Å². The molecule has 1 aliphatic rings. The average molecular weight is 340 g/mol. The lowest BCUT2D eigenvalue weighted by molar-refractivity contribution is -0.131. The van der Waals surface area contributed by atoms with Crippen LogP contribution in [0.3, 0.4) is 0 Å². The summed E-state index contributed by atoms with van der Waals surface area (Å²) >= 11 is 0. The zero-order chi connectivity index (χ0) is 17.8. The van der Waals surface area contributed by atoms with E-state index in [-0.39, 0.29) is 23.1 Å². The molecule has 0 radical (unpaired) electrons. The summed E-state index contributed by atoms with van der Waals surface area (Å²) in [5.74, 6) is -0.161. The normalized spacial score (nSPS) is 14.4. The average Bonchev–Trinajstić information content (AvgIpc) is 2.64.